The van der Waals surface area contributed by atoms with Crippen molar-refractivity contribution < 1.29 is 9.59 Å². The summed E-state index contributed by atoms with van der Waals surface area (Å²) in [6.45, 7) is 3.46. The molecule has 0 bridgehead atoms. The summed E-state index contributed by atoms with van der Waals surface area (Å²) < 4.78 is 0. The highest BCUT2D eigenvalue weighted by atomic mass is 35.5. The molecule has 1 atom stereocenters. The van der Waals surface area contributed by atoms with Gasteiger partial charge in [-0.2, -0.15) is 0 Å². The number of carbonyl (C=O) groups is 2. The maximum absolute atomic E-state index is 12.3. The van der Waals surface area contributed by atoms with Crippen molar-refractivity contribution in [1.82, 2.24) is 15.5 Å². The van der Waals surface area contributed by atoms with E-state index in [1.54, 1.807) is 0 Å². The summed E-state index contributed by atoms with van der Waals surface area (Å²) >= 11 is 0. The van der Waals surface area contributed by atoms with E-state index in [4.69, 9.17) is 0 Å². The minimum absolute atomic E-state index is 0. The lowest BCUT2D eigenvalue weighted by Gasteiger charge is -2.32. The molecule has 6 heteroatoms. The van der Waals surface area contributed by atoms with Gasteiger partial charge in [0.2, 0.25) is 11.8 Å². The van der Waals surface area contributed by atoms with Crippen LogP contribution in [0.3, 0.4) is 0 Å². The number of nitrogens with one attached hydrogen (secondary N) is 2. The van der Waals surface area contributed by atoms with Gasteiger partial charge in [0.15, 0.2) is 0 Å². The van der Waals surface area contributed by atoms with Gasteiger partial charge in [0.05, 0.1) is 12.5 Å². The predicted molar refractivity (Wildman–Crippen MR) is 105 cm³/mol. The average molecular weight is 380 g/mol. The third-order valence-electron chi connectivity index (χ3n) is 5.42. The van der Waals surface area contributed by atoms with Gasteiger partial charge in [0.25, 0.3) is 0 Å². The molecule has 1 aromatic carbocycles. The van der Waals surface area contributed by atoms with Gasteiger partial charge in [-0.1, -0.05) is 30.3 Å². The molecule has 0 spiro atoms. The van der Waals surface area contributed by atoms with E-state index in [2.05, 4.69) is 34.9 Å². The van der Waals surface area contributed by atoms with Crippen molar-refractivity contribution in [2.24, 2.45) is 11.8 Å². The Balaban J connectivity index is 0.00000243. The lowest BCUT2D eigenvalue weighted by Crippen LogP contribution is -2.47. The van der Waals surface area contributed by atoms with Crippen LogP contribution in [0.1, 0.15) is 31.2 Å². The van der Waals surface area contributed by atoms with E-state index in [0.717, 1.165) is 58.3 Å². The van der Waals surface area contributed by atoms with Crippen molar-refractivity contribution in [3.05, 3.63) is 35.9 Å². The number of likely N-dealkylation sites (tertiary alicyclic amines) is 1. The first-order valence-corrected chi connectivity index (χ1v) is 9.52. The Hall–Kier alpha value is -1.59. The van der Waals surface area contributed by atoms with Crippen LogP contribution in [0.25, 0.3) is 0 Å². The van der Waals surface area contributed by atoms with Gasteiger partial charge in [0, 0.05) is 19.6 Å². The number of rotatable bonds is 5. The van der Waals surface area contributed by atoms with Crippen molar-refractivity contribution in [1.29, 1.82) is 0 Å². The van der Waals surface area contributed by atoms with Crippen LogP contribution in [-0.2, 0) is 16.0 Å². The molecule has 0 aliphatic carbocycles. The maximum atomic E-state index is 12.3. The van der Waals surface area contributed by atoms with Crippen molar-refractivity contribution >= 4 is 24.2 Å². The molecule has 2 aliphatic rings. The lowest BCUT2D eigenvalue weighted by molar-refractivity contribution is -0.135. The fraction of sp³-hybridized carbons (Fsp3) is 0.600. The summed E-state index contributed by atoms with van der Waals surface area (Å²) in [5, 5.41) is 6.07. The first-order chi connectivity index (χ1) is 12.2. The molecule has 1 unspecified atom stereocenters. The van der Waals surface area contributed by atoms with Crippen LogP contribution in [0.2, 0.25) is 0 Å². The molecular weight excluding hydrogens is 350 g/mol. The molecule has 2 heterocycles. The maximum Gasteiger partial charge on any atom is 0.241 e. The molecule has 5 nitrogen and oxygen atoms in total. The Morgan fingerprint density at radius 2 is 1.85 bits per heavy atom. The van der Waals surface area contributed by atoms with Crippen LogP contribution in [0.4, 0.5) is 0 Å². The standard InChI is InChI=1S/C20H29N3O2.ClH/c24-19(15-22-20(25)18-7-4-10-21-14-18)23-11-8-17(9-12-23)13-16-5-2-1-3-6-16;/h1-3,5-6,17-18,21H,4,7-15H2,(H,22,25);1H. The molecule has 1 aromatic rings. The molecule has 2 aliphatic heterocycles. The molecule has 144 valence electrons. The van der Waals surface area contributed by atoms with Crippen LogP contribution in [-0.4, -0.2) is 49.4 Å². The monoisotopic (exact) mass is 379 g/mol. The van der Waals surface area contributed by atoms with Gasteiger partial charge in [-0.25, -0.2) is 0 Å². The third-order valence-corrected chi connectivity index (χ3v) is 5.42. The minimum Gasteiger partial charge on any atom is -0.347 e. The molecule has 2 N–H and O–H groups in total. The van der Waals surface area contributed by atoms with Gasteiger partial charge in [-0.15, -0.1) is 12.4 Å². The Morgan fingerprint density at radius 1 is 1.12 bits per heavy atom. The average Bonchev–Trinajstić information content (AvgIpc) is 2.68. The number of carbonyl (C=O) groups excluding carboxylic acids is 2. The van der Waals surface area contributed by atoms with Gasteiger partial charge in [-0.05, 0) is 50.1 Å². The Kier molecular flexibility index (Phi) is 8.39. The number of piperidine rings is 2. The molecule has 2 saturated heterocycles. The molecule has 2 amide bonds. The molecule has 0 radical (unpaired) electrons. The second-order valence-corrected chi connectivity index (χ2v) is 7.27. The zero-order valence-electron chi connectivity index (χ0n) is 15.3. The molecule has 3 rings (SSSR count). The van der Waals surface area contributed by atoms with Crippen LogP contribution < -0.4 is 10.6 Å². The fourth-order valence-electron chi connectivity index (χ4n) is 3.83. The first kappa shape index (κ1) is 20.7. The quantitative estimate of drug-likeness (QED) is 0.822. The molecule has 2 fully saturated rings. The number of hydrogen-bond donors (Lipinski definition) is 2. The molecule has 0 aromatic heterocycles. The van der Waals surface area contributed by atoms with Gasteiger partial charge in [0.1, 0.15) is 0 Å². The topological polar surface area (TPSA) is 61.4 Å². The van der Waals surface area contributed by atoms with E-state index in [1.165, 1.54) is 5.56 Å². The highest BCUT2D eigenvalue weighted by Gasteiger charge is 2.25. The van der Waals surface area contributed by atoms with Gasteiger partial charge < -0.3 is 15.5 Å². The first-order valence-electron chi connectivity index (χ1n) is 9.52. The van der Waals surface area contributed by atoms with Crippen molar-refractivity contribution in [2.45, 2.75) is 32.1 Å². The number of halogens is 1. The summed E-state index contributed by atoms with van der Waals surface area (Å²) in [5.74, 6) is 0.724. The second-order valence-electron chi connectivity index (χ2n) is 7.27. The fourth-order valence-corrected chi connectivity index (χ4v) is 3.83. The zero-order valence-corrected chi connectivity index (χ0v) is 16.1. The highest BCUT2D eigenvalue weighted by Crippen LogP contribution is 2.21. The summed E-state index contributed by atoms with van der Waals surface area (Å²) in [7, 11) is 0. The van der Waals surface area contributed by atoms with E-state index in [1.807, 2.05) is 11.0 Å². The van der Waals surface area contributed by atoms with Crippen LogP contribution in [0.5, 0.6) is 0 Å². The SMILES string of the molecule is Cl.O=C(NCC(=O)N1CCC(Cc2ccccc2)CC1)C1CCCNC1. The number of amides is 2. The van der Waals surface area contributed by atoms with Crippen molar-refractivity contribution in [3.63, 3.8) is 0 Å². The Bertz CT molecular complexity index is 568. The van der Waals surface area contributed by atoms with Gasteiger partial charge in [-0.3, -0.25) is 9.59 Å². The van der Waals surface area contributed by atoms with Crippen LogP contribution in [0, 0.1) is 11.8 Å². The molecule has 0 saturated carbocycles. The Morgan fingerprint density at radius 3 is 2.50 bits per heavy atom. The summed E-state index contributed by atoms with van der Waals surface area (Å²) in [4.78, 5) is 26.4. The number of benzene rings is 1. The van der Waals surface area contributed by atoms with E-state index >= 15 is 0 Å². The summed E-state index contributed by atoms with van der Waals surface area (Å²) in [6.07, 6.45) is 5.12. The van der Waals surface area contributed by atoms with E-state index in [9.17, 15) is 9.59 Å². The number of nitrogens with zero attached hydrogens (tertiary/aromatic N) is 1. The molecular formula is C20H30ClN3O2. The summed E-state index contributed by atoms with van der Waals surface area (Å²) in [5.41, 5.74) is 1.38. The van der Waals surface area contributed by atoms with Crippen LogP contribution >= 0.6 is 12.4 Å². The lowest BCUT2D eigenvalue weighted by atomic mass is 9.90. The minimum atomic E-state index is 0. The van der Waals surface area contributed by atoms with E-state index in [0.29, 0.717) is 5.92 Å². The smallest absolute Gasteiger partial charge is 0.241 e. The van der Waals surface area contributed by atoms with Crippen molar-refractivity contribution in [2.75, 3.05) is 32.7 Å². The van der Waals surface area contributed by atoms with Crippen molar-refractivity contribution in [3.8, 4) is 0 Å². The Labute approximate surface area is 162 Å². The van der Waals surface area contributed by atoms with Gasteiger partial charge >= 0.3 is 0 Å². The van der Waals surface area contributed by atoms with E-state index in [-0.39, 0.29) is 36.7 Å². The second kappa shape index (κ2) is 10.5. The number of hydrogen-bond acceptors (Lipinski definition) is 3. The normalized spacial score (nSPS) is 20.9. The van der Waals surface area contributed by atoms with Crippen LogP contribution in [0.15, 0.2) is 30.3 Å². The third kappa shape index (κ3) is 5.99. The molecule has 26 heavy (non-hydrogen) atoms. The largest absolute Gasteiger partial charge is 0.347 e. The zero-order chi connectivity index (χ0) is 17.5. The predicted octanol–water partition coefficient (Wildman–Crippen LogP) is 2.01. The summed E-state index contributed by atoms with van der Waals surface area (Å²) in [6, 6.07) is 10.6. The highest BCUT2D eigenvalue weighted by molar-refractivity contribution is 5.86. The van der Waals surface area contributed by atoms with E-state index < -0.39 is 0 Å².